The van der Waals surface area contributed by atoms with Crippen LogP contribution in [-0.2, 0) is 20.9 Å². The van der Waals surface area contributed by atoms with E-state index in [9.17, 15) is 9.59 Å². The van der Waals surface area contributed by atoms with E-state index in [-0.39, 0.29) is 24.5 Å². The van der Waals surface area contributed by atoms with Crippen LogP contribution in [0.15, 0.2) is 72.8 Å². The molecule has 5 rings (SSSR count). The van der Waals surface area contributed by atoms with Gasteiger partial charge in [-0.1, -0.05) is 61.5 Å². The standard InChI is InChI=1S/C31H35N5O4/c1-21(2)22-13-15-23(16-14-22)30(31(38)32-19-26-10-7-17-40-26)36(24-8-6-9-25(18-24)39-3)29(37)20-35-28-12-5-4-11-27(28)33-34-35/h4-6,8-9,11-16,18,21,26,30H,7,10,17,19-20H2,1-3H3,(H,32,38)/t26-,30+/m0/s1. The number of aromatic nitrogens is 3. The minimum Gasteiger partial charge on any atom is -0.497 e. The molecule has 1 fully saturated rings. The van der Waals surface area contributed by atoms with Crippen molar-refractivity contribution in [3.05, 3.63) is 83.9 Å². The Morgan fingerprint density at radius 3 is 2.58 bits per heavy atom. The van der Waals surface area contributed by atoms with E-state index in [0.717, 1.165) is 23.9 Å². The van der Waals surface area contributed by atoms with Gasteiger partial charge in [0.05, 0.1) is 18.7 Å². The molecule has 0 radical (unpaired) electrons. The number of carbonyl (C=O) groups excluding carboxylic acids is 2. The molecule has 40 heavy (non-hydrogen) atoms. The van der Waals surface area contributed by atoms with Gasteiger partial charge in [0.15, 0.2) is 0 Å². The molecule has 1 aromatic heterocycles. The fourth-order valence-corrected chi connectivity index (χ4v) is 5.03. The molecule has 4 aromatic rings. The third-order valence-electron chi connectivity index (χ3n) is 7.26. The van der Waals surface area contributed by atoms with Gasteiger partial charge in [0.25, 0.3) is 0 Å². The normalized spacial score (nSPS) is 15.8. The lowest BCUT2D eigenvalue weighted by molar-refractivity contribution is -0.127. The van der Waals surface area contributed by atoms with Gasteiger partial charge in [-0.25, -0.2) is 4.68 Å². The van der Waals surface area contributed by atoms with Crippen molar-refractivity contribution >= 4 is 28.5 Å². The first-order valence-electron chi connectivity index (χ1n) is 13.7. The summed E-state index contributed by atoms with van der Waals surface area (Å²) in [6.07, 6.45) is 1.84. The quantitative estimate of drug-likeness (QED) is 0.314. The number of rotatable bonds is 10. The second kappa shape index (κ2) is 12.3. The molecule has 3 aromatic carbocycles. The maximum atomic E-state index is 14.2. The van der Waals surface area contributed by atoms with E-state index < -0.39 is 6.04 Å². The van der Waals surface area contributed by atoms with Gasteiger partial charge in [0.2, 0.25) is 11.8 Å². The van der Waals surface area contributed by atoms with E-state index in [1.807, 2.05) is 60.7 Å². The smallest absolute Gasteiger partial charge is 0.249 e. The number of nitrogens with zero attached hydrogens (tertiary/aromatic N) is 4. The number of methoxy groups -OCH3 is 1. The molecule has 9 nitrogen and oxygen atoms in total. The van der Waals surface area contributed by atoms with Crippen molar-refractivity contribution in [2.45, 2.75) is 51.3 Å². The van der Waals surface area contributed by atoms with E-state index >= 15 is 0 Å². The first-order valence-corrected chi connectivity index (χ1v) is 13.7. The summed E-state index contributed by atoms with van der Waals surface area (Å²) in [6, 6.07) is 21.6. The Morgan fingerprint density at radius 2 is 1.85 bits per heavy atom. The lowest BCUT2D eigenvalue weighted by Crippen LogP contribution is -2.46. The van der Waals surface area contributed by atoms with Crippen LogP contribution in [0.4, 0.5) is 5.69 Å². The highest BCUT2D eigenvalue weighted by Gasteiger charge is 2.34. The summed E-state index contributed by atoms with van der Waals surface area (Å²) in [5.41, 5.74) is 3.82. The lowest BCUT2D eigenvalue weighted by Gasteiger charge is -2.32. The highest BCUT2D eigenvalue weighted by Crippen LogP contribution is 2.32. The molecular formula is C31H35N5O4. The average Bonchev–Trinajstić information content (AvgIpc) is 3.65. The number of anilines is 1. The Hall–Kier alpha value is -4.24. The van der Waals surface area contributed by atoms with Crippen LogP contribution >= 0.6 is 0 Å². The fourth-order valence-electron chi connectivity index (χ4n) is 5.03. The van der Waals surface area contributed by atoms with Gasteiger partial charge in [0.1, 0.15) is 23.9 Å². The molecule has 2 amide bonds. The molecule has 1 aliphatic heterocycles. The summed E-state index contributed by atoms with van der Waals surface area (Å²) < 4.78 is 12.8. The minimum atomic E-state index is -0.933. The summed E-state index contributed by atoms with van der Waals surface area (Å²) in [5.74, 6) is 0.314. The molecule has 0 bridgehead atoms. The van der Waals surface area contributed by atoms with Gasteiger partial charge in [-0.2, -0.15) is 0 Å². The topological polar surface area (TPSA) is 98.6 Å². The molecule has 0 spiro atoms. The maximum absolute atomic E-state index is 14.2. The van der Waals surface area contributed by atoms with Gasteiger partial charge < -0.3 is 14.8 Å². The molecule has 0 unspecified atom stereocenters. The van der Waals surface area contributed by atoms with Crippen molar-refractivity contribution in [2.24, 2.45) is 0 Å². The van der Waals surface area contributed by atoms with Gasteiger partial charge in [0, 0.05) is 24.9 Å². The van der Waals surface area contributed by atoms with Crippen LogP contribution in [0.25, 0.3) is 11.0 Å². The van der Waals surface area contributed by atoms with E-state index in [0.29, 0.717) is 41.6 Å². The third kappa shape index (κ3) is 5.99. The van der Waals surface area contributed by atoms with Crippen LogP contribution in [0.3, 0.4) is 0 Å². The summed E-state index contributed by atoms with van der Waals surface area (Å²) in [5, 5.41) is 11.5. The monoisotopic (exact) mass is 541 g/mol. The van der Waals surface area contributed by atoms with Crippen molar-refractivity contribution in [1.29, 1.82) is 0 Å². The zero-order chi connectivity index (χ0) is 28.1. The summed E-state index contributed by atoms with van der Waals surface area (Å²) >= 11 is 0. The molecular weight excluding hydrogens is 506 g/mol. The molecule has 208 valence electrons. The van der Waals surface area contributed by atoms with E-state index in [4.69, 9.17) is 9.47 Å². The van der Waals surface area contributed by atoms with Crippen LogP contribution in [0, 0.1) is 0 Å². The van der Waals surface area contributed by atoms with Gasteiger partial charge in [-0.05, 0) is 54.2 Å². The van der Waals surface area contributed by atoms with Crippen molar-refractivity contribution in [1.82, 2.24) is 20.3 Å². The molecule has 2 atom stereocenters. The highest BCUT2D eigenvalue weighted by atomic mass is 16.5. The fraction of sp³-hybridized carbons (Fsp3) is 0.355. The summed E-state index contributed by atoms with van der Waals surface area (Å²) in [4.78, 5) is 29.7. The predicted octanol–water partition coefficient (Wildman–Crippen LogP) is 4.63. The molecule has 0 aliphatic carbocycles. The van der Waals surface area contributed by atoms with E-state index in [1.54, 1.807) is 23.9 Å². The van der Waals surface area contributed by atoms with Crippen molar-refractivity contribution in [2.75, 3.05) is 25.2 Å². The van der Waals surface area contributed by atoms with Crippen LogP contribution in [0.1, 0.15) is 49.8 Å². The third-order valence-corrected chi connectivity index (χ3v) is 7.26. The first-order chi connectivity index (χ1) is 19.4. The molecule has 1 saturated heterocycles. The first kappa shape index (κ1) is 27.3. The predicted molar refractivity (Wildman–Crippen MR) is 153 cm³/mol. The molecule has 1 aliphatic rings. The van der Waals surface area contributed by atoms with Crippen molar-refractivity contribution < 1.29 is 19.1 Å². The Labute approximate surface area is 234 Å². The number of amides is 2. The SMILES string of the molecule is COc1cccc(N(C(=O)Cn2nnc3ccccc32)[C@@H](C(=O)NC[C@@H]2CCCO2)c2ccc(C(C)C)cc2)c1. The lowest BCUT2D eigenvalue weighted by atomic mass is 9.97. The number of fused-ring (bicyclic) bond motifs is 1. The summed E-state index contributed by atoms with van der Waals surface area (Å²) in [6.45, 7) is 5.22. The van der Waals surface area contributed by atoms with Crippen LogP contribution < -0.4 is 15.0 Å². The van der Waals surface area contributed by atoms with Gasteiger partial charge >= 0.3 is 0 Å². The Morgan fingerprint density at radius 1 is 1.07 bits per heavy atom. The number of nitrogens with one attached hydrogen (secondary N) is 1. The second-order valence-corrected chi connectivity index (χ2v) is 10.3. The van der Waals surface area contributed by atoms with Crippen LogP contribution in [0.2, 0.25) is 0 Å². The number of hydrogen-bond acceptors (Lipinski definition) is 6. The molecule has 9 heteroatoms. The number of para-hydroxylation sites is 1. The minimum absolute atomic E-state index is 0.0320. The Bertz CT molecular complexity index is 1460. The van der Waals surface area contributed by atoms with E-state index in [2.05, 4.69) is 29.5 Å². The number of carbonyl (C=O) groups is 2. The van der Waals surface area contributed by atoms with Gasteiger partial charge in [-0.3, -0.25) is 14.5 Å². The zero-order valence-electron chi connectivity index (χ0n) is 23.1. The zero-order valence-corrected chi connectivity index (χ0v) is 23.1. The number of ether oxygens (including phenoxy) is 2. The molecule has 2 heterocycles. The molecule has 0 saturated carbocycles. The largest absolute Gasteiger partial charge is 0.497 e. The summed E-state index contributed by atoms with van der Waals surface area (Å²) in [7, 11) is 1.57. The second-order valence-electron chi connectivity index (χ2n) is 10.3. The Kier molecular flexibility index (Phi) is 8.40. The Balaban J connectivity index is 1.56. The van der Waals surface area contributed by atoms with Crippen molar-refractivity contribution in [3.63, 3.8) is 0 Å². The number of benzene rings is 3. The highest BCUT2D eigenvalue weighted by molar-refractivity contribution is 6.01. The number of hydrogen-bond donors (Lipinski definition) is 1. The van der Waals surface area contributed by atoms with E-state index in [1.165, 1.54) is 4.90 Å². The van der Waals surface area contributed by atoms with Crippen LogP contribution in [0.5, 0.6) is 5.75 Å². The van der Waals surface area contributed by atoms with Crippen molar-refractivity contribution in [3.8, 4) is 5.75 Å². The maximum Gasteiger partial charge on any atom is 0.249 e. The van der Waals surface area contributed by atoms with Gasteiger partial charge in [-0.15, -0.1) is 5.10 Å². The molecule has 1 N–H and O–H groups in total. The average molecular weight is 542 g/mol. The van der Waals surface area contributed by atoms with Crippen LogP contribution in [-0.4, -0.2) is 53.2 Å².